The SMILES string of the molecule is Cc1ccc2cccc(O)c2n1.Cn1c(-c2ccccc2O)nc(-c2ccccc2)c1-c1ccccc1.[Zn].[Zn]. The minimum Gasteiger partial charge on any atom is -0.507 e. The van der Waals surface area contributed by atoms with Crippen molar-refractivity contribution < 1.29 is 49.2 Å². The van der Waals surface area contributed by atoms with Crippen molar-refractivity contribution in [3.63, 3.8) is 0 Å². The zero-order valence-electron chi connectivity index (χ0n) is 22.1. The fourth-order valence-electron chi connectivity index (χ4n) is 4.35. The molecule has 2 heterocycles. The van der Waals surface area contributed by atoms with Crippen molar-refractivity contribution in [2.24, 2.45) is 7.05 Å². The molecule has 0 aliphatic rings. The minimum absolute atomic E-state index is 0. The topological polar surface area (TPSA) is 71.2 Å². The fraction of sp³-hybridized carbons (Fsp3) is 0.0625. The molecule has 7 heteroatoms. The molecule has 0 radical (unpaired) electrons. The molecule has 0 spiro atoms. The van der Waals surface area contributed by atoms with E-state index in [1.807, 2.05) is 97.4 Å². The van der Waals surface area contributed by atoms with Crippen molar-refractivity contribution in [3.05, 3.63) is 121 Å². The molecule has 6 rings (SSSR count). The molecular weight excluding hydrogens is 589 g/mol. The summed E-state index contributed by atoms with van der Waals surface area (Å²) in [6.07, 6.45) is 0. The van der Waals surface area contributed by atoms with Gasteiger partial charge in [0.15, 0.2) is 0 Å². The van der Waals surface area contributed by atoms with E-state index in [4.69, 9.17) is 4.98 Å². The summed E-state index contributed by atoms with van der Waals surface area (Å²) in [6, 6.07) is 36.9. The molecule has 0 saturated heterocycles. The molecule has 186 valence electrons. The van der Waals surface area contributed by atoms with E-state index in [1.54, 1.807) is 12.1 Å². The summed E-state index contributed by atoms with van der Waals surface area (Å²) < 4.78 is 2.05. The number of fused-ring (bicyclic) bond motifs is 1. The van der Waals surface area contributed by atoms with Gasteiger partial charge >= 0.3 is 0 Å². The minimum atomic E-state index is 0. The van der Waals surface area contributed by atoms with Crippen LogP contribution < -0.4 is 0 Å². The maximum Gasteiger partial charge on any atom is 0.144 e. The summed E-state index contributed by atoms with van der Waals surface area (Å²) in [5, 5.41) is 20.7. The first-order chi connectivity index (χ1) is 18.0. The number of benzene rings is 4. The predicted octanol–water partition coefficient (Wildman–Crippen LogP) is 7.37. The normalized spacial score (nSPS) is 10.1. The second-order valence-electron chi connectivity index (χ2n) is 8.74. The van der Waals surface area contributed by atoms with Gasteiger partial charge in [-0.05, 0) is 31.2 Å². The zero-order valence-corrected chi connectivity index (χ0v) is 28.1. The Labute approximate surface area is 253 Å². The summed E-state index contributed by atoms with van der Waals surface area (Å²) >= 11 is 0. The number of imidazole rings is 1. The van der Waals surface area contributed by atoms with E-state index >= 15 is 0 Å². The van der Waals surface area contributed by atoms with Crippen molar-refractivity contribution in [2.75, 3.05) is 0 Å². The Morgan fingerprint density at radius 1 is 0.590 bits per heavy atom. The average Bonchev–Trinajstić information content (AvgIpc) is 3.27. The summed E-state index contributed by atoms with van der Waals surface area (Å²) in [7, 11) is 1.99. The molecule has 0 fully saturated rings. The van der Waals surface area contributed by atoms with E-state index in [-0.39, 0.29) is 50.5 Å². The summed E-state index contributed by atoms with van der Waals surface area (Å²) in [5.41, 5.74) is 6.42. The molecule has 0 aliphatic heterocycles. The maximum absolute atomic E-state index is 10.3. The van der Waals surface area contributed by atoms with E-state index < -0.39 is 0 Å². The first-order valence-corrected chi connectivity index (χ1v) is 12.0. The third-order valence-corrected chi connectivity index (χ3v) is 6.17. The van der Waals surface area contributed by atoms with Gasteiger partial charge in [-0.2, -0.15) is 0 Å². The van der Waals surface area contributed by atoms with Crippen LogP contribution in [-0.2, 0) is 46.0 Å². The Balaban J connectivity index is 0.000000254. The Kier molecular flexibility index (Phi) is 10.3. The molecule has 4 aromatic carbocycles. The number of aryl methyl sites for hydroxylation is 1. The molecule has 39 heavy (non-hydrogen) atoms. The Morgan fingerprint density at radius 2 is 1.18 bits per heavy atom. The van der Waals surface area contributed by atoms with Gasteiger partial charge in [0.1, 0.15) is 22.8 Å². The van der Waals surface area contributed by atoms with Gasteiger partial charge in [0, 0.05) is 68.2 Å². The smallest absolute Gasteiger partial charge is 0.144 e. The fourth-order valence-corrected chi connectivity index (χ4v) is 4.35. The van der Waals surface area contributed by atoms with E-state index in [0.29, 0.717) is 5.52 Å². The molecular formula is C32H27N3O2Zn2. The molecule has 0 bridgehead atoms. The van der Waals surface area contributed by atoms with Crippen LogP contribution >= 0.6 is 0 Å². The van der Waals surface area contributed by atoms with Gasteiger partial charge in [0.25, 0.3) is 0 Å². The molecule has 0 amide bonds. The number of hydrogen-bond donors (Lipinski definition) is 2. The van der Waals surface area contributed by atoms with Crippen molar-refractivity contribution >= 4 is 10.9 Å². The molecule has 0 atom stereocenters. The largest absolute Gasteiger partial charge is 0.507 e. The first kappa shape index (κ1) is 29.9. The van der Waals surface area contributed by atoms with Gasteiger partial charge in [-0.25, -0.2) is 9.97 Å². The maximum atomic E-state index is 10.3. The number of para-hydroxylation sites is 2. The molecule has 2 aromatic heterocycles. The Bertz CT molecular complexity index is 1670. The third kappa shape index (κ3) is 6.50. The van der Waals surface area contributed by atoms with E-state index in [9.17, 15) is 10.2 Å². The van der Waals surface area contributed by atoms with Gasteiger partial charge in [-0.1, -0.05) is 91.0 Å². The van der Waals surface area contributed by atoms with Crippen LogP contribution in [0, 0.1) is 6.92 Å². The summed E-state index contributed by atoms with van der Waals surface area (Å²) in [6.45, 7) is 1.91. The summed E-state index contributed by atoms with van der Waals surface area (Å²) in [5.74, 6) is 1.22. The Hall–Kier alpha value is -3.65. The quantitative estimate of drug-likeness (QED) is 0.204. The van der Waals surface area contributed by atoms with E-state index in [2.05, 4.69) is 29.2 Å². The van der Waals surface area contributed by atoms with Crippen molar-refractivity contribution in [1.82, 2.24) is 14.5 Å². The first-order valence-electron chi connectivity index (χ1n) is 12.0. The molecule has 5 nitrogen and oxygen atoms in total. The van der Waals surface area contributed by atoms with Gasteiger partial charge in [-0.3, -0.25) is 0 Å². The number of phenols is 2. The molecule has 0 aliphatic carbocycles. The number of aromatic hydroxyl groups is 2. The number of pyridine rings is 1. The van der Waals surface area contributed by atoms with Gasteiger partial charge in [0.2, 0.25) is 0 Å². The number of phenolic OH excluding ortho intramolecular Hbond substituents is 2. The zero-order chi connectivity index (χ0) is 25.8. The monoisotopic (exact) mass is 613 g/mol. The number of hydrogen-bond acceptors (Lipinski definition) is 4. The van der Waals surface area contributed by atoms with Crippen molar-refractivity contribution in [2.45, 2.75) is 6.92 Å². The molecule has 0 saturated carbocycles. The molecule has 6 aromatic rings. The molecule has 2 N–H and O–H groups in total. The van der Waals surface area contributed by atoms with Gasteiger partial charge in [-0.15, -0.1) is 0 Å². The van der Waals surface area contributed by atoms with Crippen molar-refractivity contribution in [1.29, 1.82) is 0 Å². The second-order valence-corrected chi connectivity index (χ2v) is 8.74. The van der Waals surface area contributed by atoms with Crippen LogP contribution in [-0.4, -0.2) is 24.7 Å². The number of nitrogens with zero attached hydrogens (tertiary/aromatic N) is 3. The van der Waals surface area contributed by atoms with Crippen LogP contribution in [0.15, 0.2) is 115 Å². The van der Waals surface area contributed by atoms with Crippen LogP contribution in [0.1, 0.15) is 5.69 Å². The van der Waals surface area contributed by atoms with Crippen molar-refractivity contribution in [3.8, 4) is 45.4 Å². The van der Waals surface area contributed by atoms with Gasteiger partial charge in [0.05, 0.1) is 17.0 Å². The predicted molar refractivity (Wildman–Crippen MR) is 149 cm³/mol. The van der Waals surface area contributed by atoms with Crippen LogP contribution in [0.5, 0.6) is 11.5 Å². The standard InChI is InChI=1S/C22H18N2O.C10H9NO.2Zn/c1-24-21(17-12-6-3-7-13-17)20(16-10-4-2-5-11-16)23-22(24)18-14-8-9-15-19(18)25;1-7-5-6-8-3-2-4-9(12)10(8)11-7;;/h2-15,25H,1H3;2-6,12H,1H3;;. The molecule has 0 unspecified atom stereocenters. The van der Waals surface area contributed by atoms with E-state index in [0.717, 1.165) is 45.0 Å². The van der Waals surface area contributed by atoms with Gasteiger partial charge < -0.3 is 14.8 Å². The second kappa shape index (κ2) is 13.4. The van der Waals surface area contributed by atoms with Crippen LogP contribution in [0.3, 0.4) is 0 Å². The summed E-state index contributed by atoms with van der Waals surface area (Å²) in [4.78, 5) is 9.12. The number of aromatic nitrogens is 3. The third-order valence-electron chi connectivity index (χ3n) is 6.17. The van der Waals surface area contributed by atoms with Crippen LogP contribution in [0.25, 0.3) is 44.8 Å². The Morgan fingerprint density at radius 3 is 1.85 bits per heavy atom. The average molecular weight is 616 g/mol. The number of rotatable bonds is 3. The van der Waals surface area contributed by atoms with Crippen LogP contribution in [0.4, 0.5) is 0 Å². The van der Waals surface area contributed by atoms with E-state index in [1.165, 1.54) is 0 Å². The van der Waals surface area contributed by atoms with Crippen LogP contribution in [0.2, 0.25) is 0 Å².